The van der Waals surface area contributed by atoms with E-state index in [0.29, 0.717) is 31.6 Å². The summed E-state index contributed by atoms with van der Waals surface area (Å²) in [5.74, 6) is 0.135. The van der Waals surface area contributed by atoms with Gasteiger partial charge in [-0.3, -0.25) is 37.3 Å². The first-order chi connectivity index (χ1) is 45.3. The van der Waals surface area contributed by atoms with E-state index in [9.17, 15) is 43.2 Å². The first kappa shape index (κ1) is 91.5. The highest BCUT2D eigenvalue weighted by Crippen LogP contribution is 2.45. The number of aliphatic hydroxyl groups excluding tert-OH is 1. The Labute approximate surface area is 573 Å². The minimum atomic E-state index is -4.96. The molecule has 0 fully saturated rings. The number of hydrogen-bond acceptors (Lipinski definition) is 15. The number of rotatable bonds is 71. The number of phosphoric ester groups is 2. The molecule has 0 amide bonds. The lowest BCUT2D eigenvalue weighted by Gasteiger charge is -2.21. The zero-order chi connectivity index (χ0) is 69.4. The molecule has 0 aliphatic rings. The van der Waals surface area contributed by atoms with Gasteiger partial charge in [0.25, 0.3) is 0 Å². The van der Waals surface area contributed by atoms with Gasteiger partial charge < -0.3 is 33.8 Å². The maximum Gasteiger partial charge on any atom is 0.472 e. The van der Waals surface area contributed by atoms with Crippen molar-refractivity contribution in [2.24, 2.45) is 17.8 Å². The van der Waals surface area contributed by atoms with Crippen LogP contribution in [0.2, 0.25) is 0 Å². The van der Waals surface area contributed by atoms with Gasteiger partial charge in [0.1, 0.15) is 19.3 Å². The Morgan fingerprint density at radius 2 is 0.628 bits per heavy atom. The van der Waals surface area contributed by atoms with Crippen molar-refractivity contribution in [1.82, 2.24) is 0 Å². The van der Waals surface area contributed by atoms with Crippen molar-refractivity contribution in [3.05, 3.63) is 24.3 Å². The number of aliphatic hydroxyl groups is 1. The fraction of sp³-hybridized carbons (Fsp3) is 0.893. The third-order valence-electron chi connectivity index (χ3n) is 17.5. The minimum Gasteiger partial charge on any atom is -0.462 e. The Morgan fingerprint density at radius 1 is 0.351 bits per heavy atom. The Bertz CT molecular complexity index is 1930. The van der Waals surface area contributed by atoms with Crippen LogP contribution in [0.3, 0.4) is 0 Å². The van der Waals surface area contributed by atoms with Crippen molar-refractivity contribution < 1.29 is 80.2 Å². The second-order valence-corrected chi connectivity index (χ2v) is 30.2. The molecule has 0 aliphatic heterocycles. The van der Waals surface area contributed by atoms with E-state index in [1.165, 1.54) is 141 Å². The number of esters is 4. The molecule has 554 valence electrons. The Morgan fingerprint density at radius 3 is 0.947 bits per heavy atom. The van der Waals surface area contributed by atoms with Crippen LogP contribution >= 0.6 is 15.6 Å². The fourth-order valence-electron chi connectivity index (χ4n) is 10.8. The molecule has 0 bridgehead atoms. The molecule has 0 aromatic carbocycles. The van der Waals surface area contributed by atoms with Crippen LogP contribution in [-0.4, -0.2) is 96.7 Å². The van der Waals surface area contributed by atoms with Gasteiger partial charge in [0.2, 0.25) is 0 Å². The average Bonchev–Trinajstić information content (AvgIpc) is 1.34. The summed E-state index contributed by atoms with van der Waals surface area (Å²) in [6.45, 7) is 11.8. The van der Waals surface area contributed by atoms with Gasteiger partial charge in [-0.15, -0.1) is 0 Å². The molecule has 0 saturated carbocycles. The van der Waals surface area contributed by atoms with Crippen LogP contribution in [0.4, 0.5) is 0 Å². The number of ether oxygens (including phenoxy) is 4. The zero-order valence-corrected chi connectivity index (χ0v) is 62.7. The minimum absolute atomic E-state index is 0.0977. The Kier molecular flexibility index (Phi) is 63.5. The van der Waals surface area contributed by atoms with Gasteiger partial charge in [-0.05, 0) is 69.1 Å². The predicted octanol–water partition coefficient (Wildman–Crippen LogP) is 21.3. The summed E-state index contributed by atoms with van der Waals surface area (Å²) in [6, 6.07) is 0. The highest BCUT2D eigenvalue weighted by molar-refractivity contribution is 7.47. The largest absolute Gasteiger partial charge is 0.472 e. The molecule has 0 aromatic heterocycles. The van der Waals surface area contributed by atoms with Crippen LogP contribution in [-0.2, 0) is 65.4 Å². The molecule has 4 unspecified atom stereocenters. The summed E-state index contributed by atoms with van der Waals surface area (Å²) in [5.41, 5.74) is 0. The van der Waals surface area contributed by atoms with Crippen LogP contribution in [0.25, 0.3) is 0 Å². The lowest BCUT2D eigenvalue weighted by Crippen LogP contribution is -2.30. The molecule has 0 aliphatic carbocycles. The van der Waals surface area contributed by atoms with Gasteiger partial charge >= 0.3 is 39.5 Å². The molecular formula is C75H142O17P2. The fourth-order valence-corrected chi connectivity index (χ4v) is 12.4. The maximum atomic E-state index is 13.0. The molecule has 0 saturated heterocycles. The van der Waals surface area contributed by atoms with Crippen LogP contribution in [0, 0.1) is 17.8 Å². The van der Waals surface area contributed by atoms with Gasteiger partial charge in [0.05, 0.1) is 26.4 Å². The van der Waals surface area contributed by atoms with E-state index >= 15 is 0 Å². The van der Waals surface area contributed by atoms with E-state index in [0.717, 1.165) is 127 Å². The standard InChI is InChI=1S/C75H142O17P2/c1-8-11-12-13-14-15-16-17-18-22-25-28-34-42-49-56-72(77)85-62-70(92-75(80)59-52-45-36-31-30-33-41-48-55-68(7)10-3)64-89-93(81,82)87-60-69(76)61-88-94(83,84)90-65-71(63-86-73(78)57-50-43-38-37-39-46-53-66(4)5)91-74(79)58-51-44-35-29-26-23-20-19-21-24-27-32-40-47-54-67(6)9-2/h15-18,66-71,76H,8-14,19-65H2,1-7H3,(H,81,82)(H,83,84)/b16-15-,18-17-/t67?,68?,69-,70-,71-/m1/s1. The molecule has 3 N–H and O–H groups in total. The topological polar surface area (TPSA) is 237 Å². The van der Waals surface area contributed by atoms with E-state index in [1.54, 1.807) is 0 Å². The van der Waals surface area contributed by atoms with Gasteiger partial charge in [0, 0.05) is 25.7 Å². The molecule has 0 radical (unpaired) electrons. The van der Waals surface area contributed by atoms with Gasteiger partial charge in [-0.2, -0.15) is 0 Å². The predicted molar refractivity (Wildman–Crippen MR) is 381 cm³/mol. The molecule has 0 heterocycles. The molecule has 0 rings (SSSR count). The maximum absolute atomic E-state index is 13.0. The summed E-state index contributed by atoms with van der Waals surface area (Å²) in [7, 11) is -9.92. The Hall–Kier alpha value is -2.46. The quantitative estimate of drug-likeness (QED) is 0.0169. The number of carbonyl (C=O) groups excluding carboxylic acids is 4. The highest BCUT2D eigenvalue weighted by atomic mass is 31.2. The monoisotopic (exact) mass is 1380 g/mol. The number of hydrogen-bond donors (Lipinski definition) is 3. The average molecular weight is 1380 g/mol. The van der Waals surface area contributed by atoms with E-state index in [2.05, 4.69) is 72.8 Å². The first-order valence-electron chi connectivity index (χ1n) is 38.2. The van der Waals surface area contributed by atoms with Gasteiger partial charge in [0.15, 0.2) is 12.2 Å². The SMILES string of the molecule is CCCCCC/C=C\C=C/CCCCCCCC(=O)OC[C@H](COP(=O)(O)OC[C@@H](O)COP(=O)(O)OC[C@@H](COC(=O)CCCCCCCCC(C)C)OC(=O)CCCCCCCCCCCCCCCCC(C)CC)OC(=O)CCCCCCCCCCC(C)CC. The second kappa shape index (κ2) is 65.2. The van der Waals surface area contributed by atoms with Crippen LogP contribution < -0.4 is 0 Å². The van der Waals surface area contributed by atoms with Gasteiger partial charge in [-0.1, -0.05) is 304 Å². The van der Waals surface area contributed by atoms with E-state index in [-0.39, 0.29) is 25.7 Å². The number of unbranched alkanes of at least 4 members (excludes halogenated alkanes) is 34. The van der Waals surface area contributed by atoms with Crippen molar-refractivity contribution in [1.29, 1.82) is 0 Å². The summed E-state index contributed by atoms with van der Waals surface area (Å²) < 4.78 is 68.4. The first-order valence-corrected chi connectivity index (χ1v) is 41.2. The zero-order valence-electron chi connectivity index (χ0n) is 60.9. The summed E-state index contributed by atoms with van der Waals surface area (Å²) >= 11 is 0. The smallest absolute Gasteiger partial charge is 0.462 e. The van der Waals surface area contributed by atoms with Crippen LogP contribution in [0.15, 0.2) is 24.3 Å². The highest BCUT2D eigenvalue weighted by Gasteiger charge is 2.30. The number of allylic oxidation sites excluding steroid dienone is 4. The van der Waals surface area contributed by atoms with Crippen molar-refractivity contribution >= 4 is 39.5 Å². The molecule has 19 heteroatoms. The van der Waals surface area contributed by atoms with Crippen molar-refractivity contribution in [3.63, 3.8) is 0 Å². The summed E-state index contributed by atoms with van der Waals surface area (Å²) in [5, 5.41) is 10.6. The molecular weight excluding hydrogens is 1230 g/mol. The molecule has 94 heavy (non-hydrogen) atoms. The molecule has 0 aromatic rings. The molecule has 17 nitrogen and oxygen atoms in total. The lowest BCUT2D eigenvalue weighted by atomic mass is 9.99. The third-order valence-corrected chi connectivity index (χ3v) is 19.4. The second-order valence-electron chi connectivity index (χ2n) is 27.3. The third kappa shape index (κ3) is 65.5. The van der Waals surface area contributed by atoms with E-state index in [1.807, 2.05) is 0 Å². The summed E-state index contributed by atoms with van der Waals surface area (Å²) in [6.07, 6.45) is 53.6. The summed E-state index contributed by atoms with van der Waals surface area (Å²) in [4.78, 5) is 72.7. The Balaban J connectivity index is 5.25. The van der Waals surface area contributed by atoms with Crippen molar-refractivity contribution in [2.45, 2.75) is 375 Å². The van der Waals surface area contributed by atoms with Crippen LogP contribution in [0.1, 0.15) is 357 Å². The number of carbonyl (C=O) groups is 4. The van der Waals surface area contributed by atoms with Crippen molar-refractivity contribution in [3.8, 4) is 0 Å². The number of phosphoric acid groups is 2. The van der Waals surface area contributed by atoms with Gasteiger partial charge in [-0.25, -0.2) is 9.13 Å². The molecule has 0 spiro atoms. The normalized spacial score (nSPS) is 14.8. The van der Waals surface area contributed by atoms with E-state index < -0.39 is 97.5 Å². The van der Waals surface area contributed by atoms with Crippen LogP contribution in [0.5, 0.6) is 0 Å². The van der Waals surface area contributed by atoms with Crippen molar-refractivity contribution in [2.75, 3.05) is 39.6 Å². The lowest BCUT2D eigenvalue weighted by molar-refractivity contribution is -0.161. The van der Waals surface area contributed by atoms with E-state index in [4.69, 9.17) is 37.0 Å². The molecule has 7 atom stereocenters.